The fraction of sp³-hybridized carbons (Fsp3) is 0.652. The van der Waals surface area contributed by atoms with E-state index in [1.165, 1.54) is 12.0 Å². The van der Waals surface area contributed by atoms with E-state index in [1.54, 1.807) is 0 Å². The summed E-state index contributed by atoms with van der Waals surface area (Å²) in [5, 5.41) is 0. The number of allylic oxidation sites excluding steroid dienone is 2. The molecule has 0 N–H and O–H groups in total. The average Bonchev–Trinajstić information content (AvgIpc) is 2.60. The van der Waals surface area contributed by atoms with Crippen molar-refractivity contribution >= 4 is 0 Å². The molecule has 1 heterocycles. The lowest BCUT2D eigenvalue weighted by atomic mass is 9.99. The summed E-state index contributed by atoms with van der Waals surface area (Å²) in [5.41, 5.74) is 1.02. The van der Waals surface area contributed by atoms with E-state index >= 15 is 0 Å². The number of hydrogen-bond acceptors (Lipinski definition) is 3. The maximum atomic E-state index is 6.29. The summed E-state index contributed by atoms with van der Waals surface area (Å²) in [6.07, 6.45) is 10.9. The molecule has 146 valence electrons. The molecule has 26 heavy (non-hydrogen) atoms. The lowest BCUT2D eigenvalue weighted by Gasteiger charge is -2.38. The Balaban J connectivity index is 1.90. The standard InChI is InChI=1S/C23H36O3/c1-5-6-7-8-12-15-21-20(24-18-19-13-10-9-11-14-19)16-17-22(25-21)26-23(2,3)4/h7-11,13-14,20-22H,5-6,12,15-18H2,1-4H3/b8-7-/t20-,21+,22+/m0/s1. The minimum Gasteiger partial charge on any atom is -0.371 e. The van der Waals surface area contributed by atoms with Crippen molar-refractivity contribution < 1.29 is 14.2 Å². The Hall–Kier alpha value is -1.16. The predicted octanol–water partition coefficient (Wildman–Crippen LogP) is 6.03. The Bertz CT molecular complexity index is 518. The molecule has 0 bridgehead atoms. The van der Waals surface area contributed by atoms with Crippen LogP contribution in [0.15, 0.2) is 42.5 Å². The van der Waals surface area contributed by atoms with E-state index in [0.717, 1.165) is 32.1 Å². The fourth-order valence-corrected chi connectivity index (χ4v) is 3.20. The third kappa shape index (κ3) is 8.03. The number of ether oxygens (including phenoxy) is 3. The number of unbranched alkanes of at least 4 members (excludes halogenated alkanes) is 1. The molecule has 3 atom stereocenters. The molecule has 1 aliphatic rings. The van der Waals surface area contributed by atoms with Crippen LogP contribution < -0.4 is 0 Å². The average molecular weight is 361 g/mol. The van der Waals surface area contributed by atoms with E-state index in [0.29, 0.717) is 6.61 Å². The number of rotatable bonds is 9. The second-order valence-electron chi connectivity index (χ2n) is 8.08. The second kappa shape index (κ2) is 10.9. The van der Waals surface area contributed by atoms with Gasteiger partial charge in [-0.05, 0) is 52.0 Å². The molecule has 0 radical (unpaired) electrons. The smallest absolute Gasteiger partial charge is 0.158 e. The molecule has 0 aliphatic carbocycles. The van der Waals surface area contributed by atoms with Crippen LogP contribution >= 0.6 is 0 Å². The molecule has 1 aromatic rings. The van der Waals surface area contributed by atoms with E-state index in [9.17, 15) is 0 Å². The Morgan fingerprint density at radius 3 is 2.50 bits per heavy atom. The summed E-state index contributed by atoms with van der Waals surface area (Å²) >= 11 is 0. The van der Waals surface area contributed by atoms with Crippen molar-refractivity contribution in [2.75, 3.05) is 0 Å². The zero-order valence-corrected chi connectivity index (χ0v) is 16.9. The van der Waals surface area contributed by atoms with E-state index in [-0.39, 0.29) is 24.1 Å². The third-order valence-electron chi connectivity index (χ3n) is 4.46. The molecular weight excluding hydrogens is 324 g/mol. The first kappa shape index (κ1) is 21.1. The van der Waals surface area contributed by atoms with Gasteiger partial charge in [-0.3, -0.25) is 0 Å². The van der Waals surface area contributed by atoms with E-state index in [1.807, 2.05) is 6.07 Å². The lowest BCUT2D eigenvalue weighted by molar-refractivity contribution is -0.261. The third-order valence-corrected chi connectivity index (χ3v) is 4.46. The quantitative estimate of drug-likeness (QED) is 0.503. The zero-order valence-electron chi connectivity index (χ0n) is 16.9. The van der Waals surface area contributed by atoms with Crippen LogP contribution in [0.5, 0.6) is 0 Å². The molecule has 0 amide bonds. The van der Waals surface area contributed by atoms with Gasteiger partial charge in [0.15, 0.2) is 6.29 Å². The van der Waals surface area contributed by atoms with Gasteiger partial charge < -0.3 is 14.2 Å². The van der Waals surface area contributed by atoms with Gasteiger partial charge in [0.25, 0.3) is 0 Å². The first-order valence-corrected chi connectivity index (χ1v) is 10.1. The van der Waals surface area contributed by atoms with Gasteiger partial charge in [-0.2, -0.15) is 0 Å². The Morgan fingerprint density at radius 1 is 1.08 bits per heavy atom. The summed E-state index contributed by atoms with van der Waals surface area (Å²) in [6, 6.07) is 10.4. The Morgan fingerprint density at radius 2 is 1.81 bits per heavy atom. The van der Waals surface area contributed by atoms with Crippen LogP contribution in [0.1, 0.15) is 71.8 Å². The zero-order chi connectivity index (χ0) is 18.8. The highest BCUT2D eigenvalue weighted by Crippen LogP contribution is 2.29. The molecule has 0 spiro atoms. The molecule has 0 unspecified atom stereocenters. The molecule has 1 aliphatic heterocycles. The van der Waals surface area contributed by atoms with Crippen molar-refractivity contribution in [2.24, 2.45) is 0 Å². The van der Waals surface area contributed by atoms with Gasteiger partial charge in [0.1, 0.15) is 0 Å². The molecule has 0 aromatic heterocycles. The van der Waals surface area contributed by atoms with Gasteiger partial charge in [0.05, 0.1) is 24.4 Å². The summed E-state index contributed by atoms with van der Waals surface area (Å²) in [5.74, 6) is 0. The van der Waals surface area contributed by atoms with Crippen molar-refractivity contribution in [3.8, 4) is 0 Å². The second-order valence-corrected chi connectivity index (χ2v) is 8.08. The van der Waals surface area contributed by atoms with Crippen LogP contribution in [0.25, 0.3) is 0 Å². The summed E-state index contributed by atoms with van der Waals surface area (Å²) in [6.45, 7) is 9.09. The maximum Gasteiger partial charge on any atom is 0.158 e. The Labute approximate surface area is 159 Å². The van der Waals surface area contributed by atoms with Crippen molar-refractivity contribution in [1.82, 2.24) is 0 Å². The Kier molecular flexibility index (Phi) is 8.83. The SMILES string of the molecule is CCC/C=C\CC[C@H]1O[C@H](OC(C)(C)C)CC[C@@H]1OCc1ccccc1. The minimum absolute atomic E-state index is 0.0890. The summed E-state index contributed by atoms with van der Waals surface area (Å²) in [7, 11) is 0. The van der Waals surface area contributed by atoms with Crippen LogP contribution in [-0.2, 0) is 20.8 Å². The van der Waals surface area contributed by atoms with Crippen LogP contribution in [0.3, 0.4) is 0 Å². The molecule has 3 heteroatoms. The van der Waals surface area contributed by atoms with Gasteiger partial charge in [-0.15, -0.1) is 0 Å². The van der Waals surface area contributed by atoms with Gasteiger partial charge in [-0.25, -0.2) is 0 Å². The molecule has 2 rings (SSSR count). The summed E-state index contributed by atoms with van der Waals surface area (Å²) < 4.78 is 18.6. The van der Waals surface area contributed by atoms with Gasteiger partial charge in [0, 0.05) is 6.42 Å². The minimum atomic E-state index is -0.187. The molecule has 1 fully saturated rings. The predicted molar refractivity (Wildman–Crippen MR) is 107 cm³/mol. The highest BCUT2D eigenvalue weighted by atomic mass is 16.7. The van der Waals surface area contributed by atoms with Crippen molar-refractivity contribution in [2.45, 2.75) is 96.9 Å². The topological polar surface area (TPSA) is 27.7 Å². The van der Waals surface area contributed by atoms with Gasteiger partial charge >= 0.3 is 0 Å². The van der Waals surface area contributed by atoms with E-state index in [2.05, 4.69) is 64.1 Å². The monoisotopic (exact) mass is 360 g/mol. The van der Waals surface area contributed by atoms with Crippen LogP contribution in [0.2, 0.25) is 0 Å². The molecular formula is C23H36O3. The first-order valence-electron chi connectivity index (χ1n) is 10.1. The van der Waals surface area contributed by atoms with Crippen molar-refractivity contribution in [3.63, 3.8) is 0 Å². The largest absolute Gasteiger partial charge is 0.371 e. The molecule has 0 saturated carbocycles. The first-order chi connectivity index (χ1) is 12.5. The van der Waals surface area contributed by atoms with E-state index in [4.69, 9.17) is 14.2 Å². The molecule has 3 nitrogen and oxygen atoms in total. The van der Waals surface area contributed by atoms with Crippen LogP contribution in [-0.4, -0.2) is 24.1 Å². The van der Waals surface area contributed by atoms with Crippen LogP contribution in [0, 0.1) is 0 Å². The maximum absolute atomic E-state index is 6.29. The fourth-order valence-electron chi connectivity index (χ4n) is 3.20. The number of hydrogen-bond donors (Lipinski definition) is 0. The van der Waals surface area contributed by atoms with Gasteiger partial charge in [0.2, 0.25) is 0 Å². The van der Waals surface area contributed by atoms with Crippen LogP contribution in [0.4, 0.5) is 0 Å². The molecule has 1 saturated heterocycles. The lowest BCUT2D eigenvalue weighted by Crippen LogP contribution is -2.43. The normalized spacial score (nSPS) is 24.2. The van der Waals surface area contributed by atoms with Gasteiger partial charge in [-0.1, -0.05) is 55.8 Å². The summed E-state index contributed by atoms with van der Waals surface area (Å²) in [4.78, 5) is 0. The molecule has 1 aromatic carbocycles. The highest BCUT2D eigenvalue weighted by molar-refractivity contribution is 5.13. The van der Waals surface area contributed by atoms with Crippen molar-refractivity contribution in [1.29, 1.82) is 0 Å². The highest BCUT2D eigenvalue weighted by Gasteiger charge is 2.33. The van der Waals surface area contributed by atoms with Crippen molar-refractivity contribution in [3.05, 3.63) is 48.0 Å². The number of benzene rings is 1. The van der Waals surface area contributed by atoms with E-state index < -0.39 is 0 Å².